The van der Waals surface area contributed by atoms with Gasteiger partial charge in [-0.3, -0.25) is 9.69 Å². The molecule has 5 nitrogen and oxygen atoms in total. The number of hydrogen-bond donors (Lipinski definition) is 2. The van der Waals surface area contributed by atoms with E-state index in [-0.39, 0.29) is 37.2 Å². The van der Waals surface area contributed by atoms with Gasteiger partial charge in [0.15, 0.2) is 11.6 Å². The number of nitrogens with one attached hydrogen (secondary N) is 1. The third-order valence-electron chi connectivity index (χ3n) is 5.09. The molecule has 1 aliphatic heterocycles. The predicted molar refractivity (Wildman–Crippen MR) is 105 cm³/mol. The highest BCUT2D eigenvalue weighted by Crippen LogP contribution is 2.25. The minimum atomic E-state index is -1.06. The molecule has 1 heterocycles. The van der Waals surface area contributed by atoms with E-state index in [1.165, 1.54) is 24.3 Å². The number of carbonyl (C=O) groups is 1. The number of nitrogens with zero attached hydrogens (tertiary/aromatic N) is 1. The van der Waals surface area contributed by atoms with Gasteiger partial charge in [-0.15, -0.1) is 0 Å². The third-order valence-corrected chi connectivity index (χ3v) is 5.09. The Balaban J connectivity index is 1.45. The minimum Gasteiger partial charge on any atom is -0.488 e. The molecule has 0 bridgehead atoms. The normalized spacial score (nSPS) is 20.1. The lowest BCUT2D eigenvalue weighted by atomic mass is 9.96. The molecule has 0 spiro atoms. The molecule has 2 aromatic carbocycles. The Kier molecular flexibility index (Phi) is 7.17. The number of benzene rings is 2. The van der Waals surface area contributed by atoms with Gasteiger partial charge in [0.1, 0.15) is 12.4 Å². The van der Waals surface area contributed by atoms with Crippen LogP contribution in [-0.4, -0.2) is 47.8 Å². The Labute approximate surface area is 169 Å². The molecule has 1 aliphatic rings. The summed E-state index contributed by atoms with van der Waals surface area (Å²) in [6, 6.07) is 12.2. The molecule has 29 heavy (non-hydrogen) atoms. The number of likely N-dealkylation sites (tertiary alicyclic amines) is 1. The van der Waals surface area contributed by atoms with Gasteiger partial charge in [-0.25, -0.2) is 8.78 Å². The zero-order chi connectivity index (χ0) is 20.7. The first-order valence-corrected chi connectivity index (χ1v) is 9.77. The van der Waals surface area contributed by atoms with Gasteiger partial charge in [-0.1, -0.05) is 24.3 Å². The highest BCUT2D eigenvalue weighted by atomic mass is 19.1. The van der Waals surface area contributed by atoms with Gasteiger partial charge in [-0.2, -0.15) is 0 Å². The maximum Gasteiger partial charge on any atom is 0.234 e. The highest BCUT2D eigenvalue weighted by molar-refractivity contribution is 5.78. The van der Waals surface area contributed by atoms with Crippen molar-refractivity contribution >= 4 is 5.91 Å². The summed E-state index contributed by atoms with van der Waals surface area (Å²) in [4.78, 5) is 14.2. The van der Waals surface area contributed by atoms with E-state index in [1.54, 1.807) is 24.3 Å². The van der Waals surface area contributed by atoms with Crippen molar-refractivity contribution in [1.29, 1.82) is 0 Å². The molecule has 7 heteroatoms. The van der Waals surface area contributed by atoms with Crippen LogP contribution in [0.4, 0.5) is 8.78 Å². The fourth-order valence-corrected chi connectivity index (χ4v) is 3.42. The first-order valence-electron chi connectivity index (χ1n) is 9.77. The molecule has 156 valence electrons. The van der Waals surface area contributed by atoms with E-state index >= 15 is 0 Å². The van der Waals surface area contributed by atoms with E-state index in [1.807, 2.05) is 4.90 Å². The summed E-state index contributed by atoms with van der Waals surface area (Å²) in [6.45, 7) is 1.69. The van der Waals surface area contributed by atoms with Crippen LogP contribution >= 0.6 is 0 Å². The summed E-state index contributed by atoms with van der Waals surface area (Å²) < 4.78 is 32.4. The summed E-state index contributed by atoms with van der Waals surface area (Å²) in [5.74, 6) is -0.816. The van der Waals surface area contributed by atoms with Crippen LogP contribution in [0.15, 0.2) is 48.5 Å². The van der Waals surface area contributed by atoms with Crippen LogP contribution in [0.25, 0.3) is 0 Å². The van der Waals surface area contributed by atoms with Gasteiger partial charge >= 0.3 is 0 Å². The fraction of sp³-hybridized carbons (Fsp3) is 0.409. The maximum atomic E-state index is 13.7. The monoisotopic (exact) mass is 404 g/mol. The third kappa shape index (κ3) is 6.51. The summed E-state index contributed by atoms with van der Waals surface area (Å²) in [5.41, 5.74) is -0.358. The summed E-state index contributed by atoms with van der Waals surface area (Å²) in [7, 11) is 0. The van der Waals surface area contributed by atoms with Crippen molar-refractivity contribution in [2.45, 2.75) is 31.4 Å². The number of carbonyl (C=O) groups excluding carboxylic acids is 1. The van der Waals surface area contributed by atoms with Gasteiger partial charge in [0.25, 0.3) is 0 Å². The minimum absolute atomic E-state index is 0.00748. The number of ether oxygens (including phenoxy) is 1. The molecular formula is C22H26F2N2O3. The maximum absolute atomic E-state index is 13.7. The molecule has 0 unspecified atom stereocenters. The molecule has 1 amide bonds. The number of para-hydroxylation sites is 1. The van der Waals surface area contributed by atoms with E-state index in [0.717, 1.165) is 0 Å². The van der Waals surface area contributed by atoms with E-state index in [9.17, 15) is 18.7 Å². The van der Waals surface area contributed by atoms with Crippen LogP contribution in [-0.2, 0) is 11.3 Å². The van der Waals surface area contributed by atoms with Crippen LogP contribution in [0.2, 0.25) is 0 Å². The molecule has 2 N–H and O–H groups in total. The average Bonchev–Trinajstić information content (AvgIpc) is 2.88. The lowest BCUT2D eigenvalue weighted by molar-refractivity contribution is -0.122. The van der Waals surface area contributed by atoms with E-state index in [0.29, 0.717) is 37.9 Å². The van der Waals surface area contributed by atoms with E-state index in [4.69, 9.17) is 4.74 Å². The Bertz CT molecular complexity index is 833. The molecular weight excluding hydrogens is 378 g/mol. The van der Waals surface area contributed by atoms with Crippen LogP contribution in [0.3, 0.4) is 0 Å². The largest absolute Gasteiger partial charge is 0.488 e. The number of halogens is 2. The number of rotatable bonds is 7. The molecule has 1 saturated heterocycles. The summed E-state index contributed by atoms with van der Waals surface area (Å²) >= 11 is 0. The summed E-state index contributed by atoms with van der Waals surface area (Å²) in [5, 5.41) is 13.6. The molecule has 0 aromatic heterocycles. The van der Waals surface area contributed by atoms with Crippen molar-refractivity contribution in [3.63, 3.8) is 0 Å². The quantitative estimate of drug-likeness (QED) is 0.745. The van der Waals surface area contributed by atoms with Crippen molar-refractivity contribution in [2.75, 3.05) is 26.2 Å². The molecule has 2 aromatic rings. The molecule has 1 fully saturated rings. The standard InChI is InChI=1S/C22H26F2N2O3/c23-18-6-3-5-17(13-18)14-25-21(27)15-26-11-4-9-22(28,10-12-26)16-29-20-8-2-1-7-19(20)24/h1-3,5-8,13,28H,4,9-12,14-16H2,(H,25,27)/t22-/m1/s1. The number of amides is 1. The Hall–Kier alpha value is -2.51. The molecule has 0 radical (unpaired) electrons. The van der Waals surface area contributed by atoms with Crippen LogP contribution in [0.1, 0.15) is 24.8 Å². The fourth-order valence-electron chi connectivity index (χ4n) is 3.42. The van der Waals surface area contributed by atoms with Crippen molar-refractivity contribution in [1.82, 2.24) is 10.2 Å². The van der Waals surface area contributed by atoms with Gasteiger partial charge in [-0.05, 0) is 55.6 Å². The van der Waals surface area contributed by atoms with E-state index in [2.05, 4.69) is 5.32 Å². The van der Waals surface area contributed by atoms with Crippen LogP contribution < -0.4 is 10.1 Å². The average molecular weight is 404 g/mol. The summed E-state index contributed by atoms with van der Waals surface area (Å²) in [6.07, 6.45) is 1.65. The van der Waals surface area contributed by atoms with Crippen molar-refractivity contribution < 1.29 is 23.4 Å². The molecule has 0 saturated carbocycles. The first-order chi connectivity index (χ1) is 13.9. The molecule has 0 aliphatic carbocycles. The SMILES string of the molecule is O=C(CN1CCC[C@](O)(COc2ccccc2F)CC1)NCc1cccc(F)c1. The number of hydrogen-bond acceptors (Lipinski definition) is 4. The second kappa shape index (κ2) is 9.80. The van der Waals surface area contributed by atoms with Gasteiger partial charge in [0, 0.05) is 13.1 Å². The molecule has 1 atom stereocenters. The van der Waals surface area contributed by atoms with E-state index < -0.39 is 11.4 Å². The van der Waals surface area contributed by atoms with Gasteiger partial charge < -0.3 is 15.2 Å². The van der Waals surface area contributed by atoms with Crippen LogP contribution in [0, 0.1) is 11.6 Å². The van der Waals surface area contributed by atoms with Crippen molar-refractivity contribution in [3.05, 3.63) is 65.7 Å². The zero-order valence-corrected chi connectivity index (χ0v) is 16.2. The smallest absolute Gasteiger partial charge is 0.234 e. The van der Waals surface area contributed by atoms with Gasteiger partial charge in [0.2, 0.25) is 5.91 Å². The van der Waals surface area contributed by atoms with Crippen molar-refractivity contribution in [2.24, 2.45) is 0 Å². The zero-order valence-electron chi connectivity index (χ0n) is 16.2. The Morgan fingerprint density at radius 3 is 2.76 bits per heavy atom. The molecule has 3 rings (SSSR count). The first kappa shape index (κ1) is 21.2. The van der Waals surface area contributed by atoms with Crippen LogP contribution in [0.5, 0.6) is 5.75 Å². The lowest BCUT2D eigenvalue weighted by Gasteiger charge is -2.27. The van der Waals surface area contributed by atoms with Crippen molar-refractivity contribution in [3.8, 4) is 5.75 Å². The topological polar surface area (TPSA) is 61.8 Å². The number of aliphatic hydroxyl groups is 1. The second-order valence-electron chi connectivity index (χ2n) is 7.48. The lowest BCUT2D eigenvalue weighted by Crippen LogP contribution is -2.40. The second-order valence-corrected chi connectivity index (χ2v) is 7.48. The van der Waals surface area contributed by atoms with Gasteiger partial charge in [0.05, 0.1) is 12.1 Å². The Morgan fingerprint density at radius 1 is 1.14 bits per heavy atom. The Morgan fingerprint density at radius 2 is 1.97 bits per heavy atom. The predicted octanol–water partition coefficient (Wildman–Crippen LogP) is 2.88. The highest BCUT2D eigenvalue weighted by Gasteiger charge is 2.31.